The number of nitrogens with one attached hydrogen (secondary N) is 1. The van der Waals surface area contributed by atoms with Gasteiger partial charge in [-0.2, -0.15) is 0 Å². The zero-order valence-corrected chi connectivity index (χ0v) is 19.6. The molecule has 0 saturated carbocycles. The summed E-state index contributed by atoms with van der Waals surface area (Å²) in [5.41, 5.74) is 4.51. The minimum absolute atomic E-state index is 0.0703. The molecule has 0 fully saturated rings. The summed E-state index contributed by atoms with van der Waals surface area (Å²) >= 11 is 0. The van der Waals surface area contributed by atoms with Gasteiger partial charge in [-0.1, -0.05) is 62.4 Å². The molecule has 33 heavy (non-hydrogen) atoms. The van der Waals surface area contributed by atoms with Gasteiger partial charge in [0.25, 0.3) is 0 Å². The SMILES string of the molecule is CC(C)C(NC(=O)OCC1c2ccccc2-c2ccccc21)C(=O)N(CCC(=O)O)C(C)C. The first-order valence-corrected chi connectivity index (χ1v) is 11.3. The summed E-state index contributed by atoms with van der Waals surface area (Å²) in [6, 6.07) is 15.2. The summed E-state index contributed by atoms with van der Waals surface area (Å²) in [6.45, 7) is 7.56. The molecule has 0 aromatic heterocycles. The highest BCUT2D eigenvalue weighted by Crippen LogP contribution is 2.44. The van der Waals surface area contributed by atoms with Crippen molar-refractivity contribution in [1.29, 1.82) is 0 Å². The molecule has 2 N–H and O–H groups in total. The Kier molecular flexibility index (Phi) is 7.74. The van der Waals surface area contributed by atoms with Crippen molar-refractivity contribution in [3.05, 3.63) is 59.7 Å². The molecule has 2 aromatic carbocycles. The molecule has 0 bridgehead atoms. The molecule has 7 nitrogen and oxygen atoms in total. The number of fused-ring (bicyclic) bond motifs is 3. The van der Waals surface area contributed by atoms with E-state index in [1.807, 2.05) is 64.1 Å². The fraction of sp³-hybridized carbons (Fsp3) is 0.423. The van der Waals surface area contributed by atoms with Crippen LogP contribution in [0.3, 0.4) is 0 Å². The average molecular weight is 453 g/mol. The first kappa shape index (κ1) is 24.3. The van der Waals surface area contributed by atoms with Crippen molar-refractivity contribution in [2.24, 2.45) is 5.92 Å². The topological polar surface area (TPSA) is 95.9 Å². The molecule has 1 atom stereocenters. The van der Waals surface area contributed by atoms with Gasteiger partial charge in [0.1, 0.15) is 12.6 Å². The number of benzene rings is 2. The maximum atomic E-state index is 13.1. The van der Waals surface area contributed by atoms with Crippen LogP contribution in [-0.2, 0) is 14.3 Å². The van der Waals surface area contributed by atoms with Crippen molar-refractivity contribution < 1.29 is 24.2 Å². The van der Waals surface area contributed by atoms with E-state index in [-0.39, 0.29) is 43.4 Å². The van der Waals surface area contributed by atoms with Crippen molar-refractivity contribution in [3.8, 4) is 11.1 Å². The highest BCUT2D eigenvalue weighted by atomic mass is 16.5. The van der Waals surface area contributed by atoms with Crippen LogP contribution in [0.15, 0.2) is 48.5 Å². The van der Waals surface area contributed by atoms with Gasteiger partial charge < -0.3 is 20.1 Å². The van der Waals surface area contributed by atoms with E-state index >= 15 is 0 Å². The Balaban J connectivity index is 1.68. The van der Waals surface area contributed by atoms with Crippen LogP contribution in [0, 0.1) is 5.92 Å². The molecule has 1 unspecified atom stereocenters. The molecular weight excluding hydrogens is 420 g/mol. The number of rotatable bonds is 9. The van der Waals surface area contributed by atoms with E-state index in [0.29, 0.717) is 0 Å². The molecule has 0 saturated heterocycles. The lowest BCUT2D eigenvalue weighted by Gasteiger charge is -2.32. The third kappa shape index (κ3) is 5.53. The lowest BCUT2D eigenvalue weighted by Crippen LogP contribution is -2.53. The molecule has 1 aliphatic carbocycles. The molecule has 1 aliphatic rings. The zero-order chi connectivity index (χ0) is 24.1. The van der Waals surface area contributed by atoms with Gasteiger partial charge in [0, 0.05) is 18.5 Å². The lowest BCUT2D eigenvalue weighted by atomic mass is 9.98. The highest BCUT2D eigenvalue weighted by molar-refractivity contribution is 5.86. The number of carboxylic acids is 1. The minimum atomic E-state index is -0.973. The van der Waals surface area contributed by atoms with Crippen LogP contribution in [-0.4, -0.2) is 53.2 Å². The van der Waals surface area contributed by atoms with Crippen LogP contribution >= 0.6 is 0 Å². The maximum absolute atomic E-state index is 13.1. The number of carbonyl (C=O) groups excluding carboxylic acids is 2. The number of hydrogen-bond acceptors (Lipinski definition) is 4. The number of nitrogens with zero attached hydrogens (tertiary/aromatic N) is 1. The lowest BCUT2D eigenvalue weighted by molar-refractivity contribution is -0.140. The average Bonchev–Trinajstić information content (AvgIpc) is 3.09. The van der Waals surface area contributed by atoms with E-state index < -0.39 is 18.1 Å². The van der Waals surface area contributed by atoms with Crippen LogP contribution in [0.1, 0.15) is 51.2 Å². The molecule has 0 aliphatic heterocycles. The van der Waals surface area contributed by atoms with E-state index in [1.54, 1.807) is 0 Å². The van der Waals surface area contributed by atoms with E-state index in [4.69, 9.17) is 9.84 Å². The third-order valence-corrected chi connectivity index (χ3v) is 6.02. The van der Waals surface area contributed by atoms with Gasteiger partial charge in [-0.05, 0) is 42.0 Å². The Hall–Kier alpha value is -3.35. The van der Waals surface area contributed by atoms with Crippen LogP contribution in [0.5, 0.6) is 0 Å². The number of carbonyl (C=O) groups is 3. The second-order valence-corrected chi connectivity index (χ2v) is 8.96. The fourth-order valence-electron chi connectivity index (χ4n) is 4.30. The molecule has 176 valence electrons. The number of alkyl carbamates (subject to hydrolysis) is 1. The largest absolute Gasteiger partial charge is 0.481 e. The number of ether oxygens (including phenoxy) is 1. The summed E-state index contributed by atoms with van der Waals surface area (Å²) in [5, 5.41) is 11.7. The third-order valence-electron chi connectivity index (χ3n) is 6.02. The second-order valence-electron chi connectivity index (χ2n) is 8.96. The summed E-state index contributed by atoms with van der Waals surface area (Å²) in [5.74, 6) is -1.54. The van der Waals surface area contributed by atoms with Crippen LogP contribution in [0.2, 0.25) is 0 Å². The minimum Gasteiger partial charge on any atom is -0.481 e. The maximum Gasteiger partial charge on any atom is 0.407 e. The quantitative estimate of drug-likeness (QED) is 0.593. The van der Waals surface area contributed by atoms with Crippen molar-refractivity contribution in [2.75, 3.05) is 13.2 Å². The Labute approximate surface area is 194 Å². The predicted octanol–water partition coefficient (Wildman–Crippen LogP) is 4.26. The first-order chi connectivity index (χ1) is 15.7. The predicted molar refractivity (Wildman–Crippen MR) is 126 cm³/mol. The summed E-state index contributed by atoms with van der Waals surface area (Å²) in [4.78, 5) is 38.3. The highest BCUT2D eigenvalue weighted by Gasteiger charge is 2.32. The molecule has 2 aromatic rings. The van der Waals surface area contributed by atoms with Gasteiger partial charge >= 0.3 is 12.1 Å². The van der Waals surface area contributed by atoms with Crippen LogP contribution in [0.25, 0.3) is 11.1 Å². The Bertz CT molecular complexity index is 972. The van der Waals surface area contributed by atoms with Gasteiger partial charge in [0.05, 0.1) is 6.42 Å². The number of aliphatic carboxylic acids is 1. The first-order valence-electron chi connectivity index (χ1n) is 11.3. The summed E-state index contributed by atoms with van der Waals surface area (Å²) < 4.78 is 5.59. The molecular formula is C26H32N2O5. The van der Waals surface area contributed by atoms with Gasteiger partial charge in [0.15, 0.2) is 0 Å². The number of amides is 2. The van der Waals surface area contributed by atoms with E-state index in [0.717, 1.165) is 22.3 Å². The van der Waals surface area contributed by atoms with Gasteiger partial charge in [-0.15, -0.1) is 0 Å². The number of hydrogen-bond donors (Lipinski definition) is 2. The molecule has 0 heterocycles. The molecule has 2 amide bonds. The summed E-state index contributed by atoms with van der Waals surface area (Å²) in [7, 11) is 0. The fourth-order valence-corrected chi connectivity index (χ4v) is 4.30. The molecule has 0 spiro atoms. The van der Waals surface area contributed by atoms with Crippen molar-refractivity contribution in [3.63, 3.8) is 0 Å². The normalized spacial score (nSPS) is 13.4. The Morgan fingerprint density at radius 1 is 0.970 bits per heavy atom. The van der Waals surface area contributed by atoms with Gasteiger partial charge in [-0.25, -0.2) is 4.79 Å². The zero-order valence-electron chi connectivity index (χ0n) is 19.6. The van der Waals surface area contributed by atoms with Crippen LogP contribution < -0.4 is 5.32 Å². The Morgan fingerprint density at radius 3 is 2.00 bits per heavy atom. The van der Waals surface area contributed by atoms with Crippen LogP contribution in [0.4, 0.5) is 4.79 Å². The van der Waals surface area contributed by atoms with E-state index in [2.05, 4.69) is 17.4 Å². The van der Waals surface area contributed by atoms with Crippen molar-refractivity contribution >= 4 is 18.0 Å². The smallest absolute Gasteiger partial charge is 0.407 e. The standard InChI is InChI=1S/C26H32N2O5/c1-16(2)24(25(31)28(17(3)4)14-13-23(29)30)27-26(32)33-15-22-20-11-7-5-9-18(20)19-10-6-8-12-21(19)22/h5-12,16-17,22,24H,13-15H2,1-4H3,(H,27,32)(H,29,30). The summed E-state index contributed by atoms with van der Waals surface area (Å²) in [6.07, 6.45) is -0.814. The van der Waals surface area contributed by atoms with Gasteiger partial charge in [0.2, 0.25) is 5.91 Å². The molecule has 3 rings (SSSR count). The van der Waals surface area contributed by atoms with Crippen molar-refractivity contribution in [2.45, 2.75) is 52.1 Å². The van der Waals surface area contributed by atoms with E-state index in [1.165, 1.54) is 4.90 Å². The van der Waals surface area contributed by atoms with Gasteiger partial charge in [-0.3, -0.25) is 9.59 Å². The van der Waals surface area contributed by atoms with E-state index in [9.17, 15) is 14.4 Å². The Morgan fingerprint density at radius 2 is 1.52 bits per heavy atom. The molecule has 7 heteroatoms. The monoisotopic (exact) mass is 452 g/mol. The second kappa shape index (κ2) is 10.5. The molecule has 0 radical (unpaired) electrons. The number of carboxylic acid groups (broad SMARTS) is 1. The van der Waals surface area contributed by atoms with Crippen molar-refractivity contribution in [1.82, 2.24) is 10.2 Å².